The van der Waals surface area contributed by atoms with Crippen LogP contribution in [-0.2, 0) is 19.7 Å². The normalized spacial score (nSPS) is 14.0. The third-order valence-electron chi connectivity index (χ3n) is 7.66. The lowest BCUT2D eigenvalue weighted by molar-refractivity contribution is 0.0690. The number of pyridine rings is 2. The molecule has 0 spiro atoms. The standard InChI is InChI=1S/C31H28FN7O4S/c1-42-26-12-25(31(40)41)36-30-29(26)37-27(39(30)15-22-14-34-18-44-22)16-38-9-7-20(8-10-38)24-3-2-4-28(35-24)43-17-21-6-5-19(13-33)11-23(21)32/h2-6,11-12,14,18,20H,7-10,15-17H2,1H3,(H,40,41). The predicted molar refractivity (Wildman–Crippen MR) is 159 cm³/mol. The first kappa shape index (κ1) is 29.2. The molecule has 0 saturated carbocycles. The van der Waals surface area contributed by atoms with Crippen LogP contribution in [0.1, 0.15) is 56.8 Å². The van der Waals surface area contributed by atoms with Gasteiger partial charge in [0.15, 0.2) is 17.1 Å². The third-order valence-corrected chi connectivity index (χ3v) is 8.42. The summed E-state index contributed by atoms with van der Waals surface area (Å²) in [6, 6.07) is 13.3. The molecule has 1 fully saturated rings. The van der Waals surface area contributed by atoms with E-state index >= 15 is 0 Å². The molecule has 5 heterocycles. The number of carbonyl (C=O) groups is 1. The van der Waals surface area contributed by atoms with Crippen molar-refractivity contribution in [1.82, 2.24) is 29.4 Å². The highest BCUT2D eigenvalue weighted by molar-refractivity contribution is 7.09. The van der Waals surface area contributed by atoms with Gasteiger partial charge in [-0.15, -0.1) is 11.3 Å². The number of likely N-dealkylation sites (tertiary alicyclic amines) is 1. The SMILES string of the molecule is COc1cc(C(=O)O)nc2c1nc(CN1CCC(c3cccc(OCc4ccc(C#N)cc4F)n3)CC1)n2Cc1cncs1. The summed E-state index contributed by atoms with van der Waals surface area (Å²) >= 11 is 1.51. The van der Waals surface area contributed by atoms with Gasteiger partial charge >= 0.3 is 5.97 Å². The maximum Gasteiger partial charge on any atom is 0.354 e. The van der Waals surface area contributed by atoms with Crippen LogP contribution in [-0.4, -0.2) is 60.7 Å². The van der Waals surface area contributed by atoms with E-state index in [0.29, 0.717) is 41.4 Å². The Morgan fingerprint density at radius 1 is 1.16 bits per heavy atom. The summed E-state index contributed by atoms with van der Waals surface area (Å²) in [5.41, 5.74) is 4.18. The Kier molecular flexibility index (Phi) is 8.44. The number of benzene rings is 1. The highest BCUT2D eigenvalue weighted by atomic mass is 32.1. The van der Waals surface area contributed by atoms with Crippen LogP contribution in [0.5, 0.6) is 11.6 Å². The molecule has 13 heteroatoms. The molecule has 4 aromatic heterocycles. The second-order valence-electron chi connectivity index (χ2n) is 10.4. The van der Waals surface area contributed by atoms with Gasteiger partial charge in [-0.05, 0) is 44.1 Å². The quantitative estimate of drug-likeness (QED) is 0.229. The number of aromatic carboxylic acids is 1. The van der Waals surface area contributed by atoms with Crippen molar-refractivity contribution < 1.29 is 23.8 Å². The number of hydrogen-bond acceptors (Lipinski definition) is 10. The maximum atomic E-state index is 14.3. The molecule has 0 bridgehead atoms. The summed E-state index contributed by atoms with van der Waals surface area (Å²) in [5, 5.41) is 18.6. The topological polar surface area (TPSA) is 139 Å². The van der Waals surface area contributed by atoms with E-state index in [9.17, 15) is 14.3 Å². The van der Waals surface area contributed by atoms with Gasteiger partial charge in [-0.2, -0.15) is 5.26 Å². The molecule has 0 amide bonds. The molecular formula is C31H28FN7O4S. The fourth-order valence-corrected chi connectivity index (χ4v) is 5.93. The number of halogens is 1. The largest absolute Gasteiger partial charge is 0.494 e. The van der Waals surface area contributed by atoms with Crippen LogP contribution >= 0.6 is 11.3 Å². The average Bonchev–Trinajstić information content (AvgIpc) is 3.68. The number of carboxylic acids is 1. The Morgan fingerprint density at radius 2 is 2.00 bits per heavy atom. The Balaban J connectivity index is 1.15. The van der Waals surface area contributed by atoms with E-state index in [1.165, 1.54) is 30.6 Å². The van der Waals surface area contributed by atoms with Crippen molar-refractivity contribution in [3.8, 4) is 17.7 Å². The van der Waals surface area contributed by atoms with Crippen molar-refractivity contribution in [1.29, 1.82) is 5.26 Å². The minimum atomic E-state index is -1.14. The van der Waals surface area contributed by atoms with Gasteiger partial charge in [0.05, 0.1) is 37.3 Å². The number of carboxylic acid groups (broad SMARTS) is 1. The van der Waals surface area contributed by atoms with Gasteiger partial charge in [0.25, 0.3) is 0 Å². The van der Waals surface area contributed by atoms with Gasteiger partial charge in [-0.25, -0.2) is 24.1 Å². The highest BCUT2D eigenvalue weighted by Gasteiger charge is 2.26. The summed E-state index contributed by atoms with van der Waals surface area (Å²) in [6.07, 6.45) is 3.54. The molecule has 0 aliphatic carbocycles. The molecule has 1 N–H and O–H groups in total. The fourth-order valence-electron chi connectivity index (χ4n) is 5.35. The molecule has 5 aromatic rings. The van der Waals surface area contributed by atoms with Crippen LogP contribution in [0.2, 0.25) is 0 Å². The zero-order chi connectivity index (χ0) is 30.6. The minimum absolute atomic E-state index is 0.0164. The van der Waals surface area contributed by atoms with Crippen molar-refractivity contribution in [3.05, 3.63) is 93.2 Å². The number of nitriles is 1. The van der Waals surface area contributed by atoms with Crippen molar-refractivity contribution in [2.75, 3.05) is 20.2 Å². The lowest BCUT2D eigenvalue weighted by Crippen LogP contribution is -2.33. The van der Waals surface area contributed by atoms with Crippen molar-refractivity contribution in [2.45, 2.75) is 38.5 Å². The second kappa shape index (κ2) is 12.7. The van der Waals surface area contributed by atoms with E-state index in [-0.39, 0.29) is 23.8 Å². The summed E-state index contributed by atoms with van der Waals surface area (Å²) in [7, 11) is 1.49. The Labute approximate surface area is 256 Å². The van der Waals surface area contributed by atoms with Gasteiger partial charge in [-0.3, -0.25) is 9.88 Å². The molecule has 1 aliphatic rings. The molecule has 0 radical (unpaired) electrons. The number of hydrogen-bond donors (Lipinski definition) is 1. The van der Waals surface area contributed by atoms with E-state index in [1.807, 2.05) is 22.8 Å². The Hall–Kier alpha value is -4.93. The summed E-state index contributed by atoms with van der Waals surface area (Å²) in [5.74, 6) is 0.174. The minimum Gasteiger partial charge on any atom is -0.494 e. The smallest absolute Gasteiger partial charge is 0.354 e. The van der Waals surface area contributed by atoms with E-state index in [1.54, 1.807) is 29.9 Å². The molecule has 44 heavy (non-hydrogen) atoms. The van der Waals surface area contributed by atoms with Gasteiger partial charge in [0, 0.05) is 40.4 Å². The van der Waals surface area contributed by atoms with Crippen molar-refractivity contribution in [3.63, 3.8) is 0 Å². The fraction of sp³-hybridized carbons (Fsp3) is 0.290. The number of fused-ring (bicyclic) bond motifs is 1. The number of ether oxygens (including phenoxy) is 2. The van der Waals surface area contributed by atoms with Crippen LogP contribution < -0.4 is 9.47 Å². The lowest BCUT2D eigenvalue weighted by atomic mass is 9.93. The van der Waals surface area contributed by atoms with E-state index < -0.39 is 11.8 Å². The molecule has 6 rings (SSSR count). The molecule has 224 valence electrons. The molecule has 0 unspecified atom stereocenters. The predicted octanol–water partition coefficient (Wildman–Crippen LogP) is 5.01. The molecular weight excluding hydrogens is 585 g/mol. The molecule has 11 nitrogen and oxygen atoms in total. The van der Waals surface area contributed by atoms with E-state index in [0.717, 1.165) is 42.3 Å². The number of methoxy groups -OCH3 is 1. The first-order valence-electron chi connectivity index (χ1n) is 14.0. The number of thiazole rings is 1. The summed E-state index contributed by atoms with van der Waals surface area (Å²) in [4.78, 5) is 33.3. The van der Waals surface area contributed by atoms with Crippen molar-refractivity contribution >= 4 is 28.5 Å². The van der Waals surface area contributed by atoms with Gasteiger partial charge < -0.3 is 19.1 Å². The van der Waals surface area contributed by atoms with Crippen molar-refractivity contribution in [2.24, 2.45) is 0 Å². The van der Waals surface area contributed by atoms with Crippen LogP contribution in [0, 0.1) is 17.1 Å². The van der Waals surface area contributed by atoms with Crippen LogP contribution in [0.4, 0.5) is 4.39 Å². The number of nitrogens with zero attached hydrogens (tertiary/aromatic N) is 7. The molecule has 0 atom stereocenters. The van der Waals surface area contributed by atoms with Gasteiger partial charge in [0.1, 0.15) is 23.8 Å². The zero-order valence-corrected chi connectivity index (χ0v) is 24.6. The first-order valence-corrected chi connectivity index (χ1v) is 14.8. The molecule has 1 aliphatic heterocycles. The van der Waals surface area contributed by atoms with Crippen LogP contribution in [0.3, 0.4) is 0 Å². The monoisotopic (exact) mass is 613 g/mol. The summed E-state index contributed by atoms with van der Waals surface area (Å²) < 4.78 is 27.5. The van der Waals surface area contributed by atoms with Gasteiger partial charge in [0.2, 0.25) is 5.88 Å². The number of aromatic nitrogens is 5. The maximum absolute atomic E-state index is 14.3. The second-order valence-corrected chi connectivity index (χ2v) is 11.4. The zero-order valence-electron chi connectivity index (χ0n) is 23.8. The number of rotatable bonds is 10. The highest BCUT2D eigenvalue weighted by Crippen LogP contribution is 2.31. The van der Waals surface area contributed by atoms with Crippen LogP contribution in [0.15, 0.2) is 54.2 Å². The first-order chi connectivity index (χ1) is 21.4. The van der Waals surface area contributed by atoms with E-state index in [2.05, 4.69) is 14.9 Å². The Bertz CT molecular complexity index is 1850. The average molecular weight is 614 g/mol. The lowest BCUT2D eigenvalue weighted by Gasteiger charge is -2.31. The molecule has 1 aromatic carbocycles. The number of piperidine rings is 1. The molecule has 1 saturated heterocycles. The van der Waals surface area contributed by atoms with Gasteiger partial charge in [-0.1, -0.05) is 12.1 Å². The third kappa shape index (κ3) is 6.22. The van der Waals surface area contributed by atoms with Crippen LogP contribution in [0.25, 0.3) is 11.2 Å². The van der Waals surface area contributed by atoms with E-state index in [4.69, 9.17) is 24.7 Å². The summed E-state index contributed by atoms with van der Waals surface area (Å²) in [6.45, 7) is 2.66. The Morgan fingerprint density at radius 3 is 2.70 bits per heavy atom. The number of imidazole rings is 1.